The molecule has 0 bridgehead atoms. The molecule has 2 heterocycles. The van der Waals surface area contributed by atoms with E-state index >= 15 is 0 Å². The summed E-state index contributed by atoms with van der Waals surface area (Å²) in [5.41, 5.74) is 0.634. The van der Waals surface area contributed by atoms with Gasteiger partial charge in [-0.05, 0) is 18.4 Å². The molecular formula is C11H11NO4S. The summed E-state index contributed by atoms with van der Waals surface area (Å²) in [4.78, 5) is 15.5. The van der Waals surface area contributed by atoms with Crippen molar-refractivity contribution in [3.05, 3.63) is 29.0 Å². The highest BCUT2D eigenvalue weighted by atomic mass is 32.1. The lowest BCUT2D eigenvalue weighted by Gasteiger charge is -1.97. The molecule has 0 aromatic carbocycles. The van der Waals surface area contributed by atoms with Gasteiger partial charge in [-0.1, -0.05) is 6.07 Å². The fourth-order valence-corrected chi connectivity index (χ4v) is 1.95. The Morgan fingerprint density at radius 2 is 2.47 bits per heavy atom. The Morgan fingerprint density at radius 1 is 1.65 bits per heavy atom. The lowest BCUT2D eigenvalue weighted by molar-refractivity contribution is -0.142. The van der Waals surface area contributed by atoms with E-state index < -0.39 is 5.97 Å². The van der Waals surface area contributed by atoms with Crippen molar-refractivity contribution in [2.24, 2.45) is 0 Å². The van der Waals surface area contributed by atoms with Crippen LogP contribution in [0.5, 0.6) is 0 Å². The largest absolute Gasteiger partial charge is 0.480 e. The molecule has 1 N–H and O–H groups in total. The molecule has 5 nitrogen and oxygen atoms in total. The van der Waals surface area contributed by atoms with Gasteiger partial charge in [0, 0.05) is 0 Å². The molecule has 6 heteroatoms. The van der Waals surface area contributed by atoms with Crippen molar-refractivity contribution in [1.29, 1.82) is 0 Å². The van der Waals surface area contributed by atoms with Gasteiger partial charge in [-0.2, -0.15) is 0 Å². The molecule has 0 radical (unpaired) electrons. The maximum absolute atomic E-state index is 10.3. The van der Waals surface area contributed by atoms with Crippen molar-refractivity contribution in [1.82, 2.24) is 4.98 Å². The third-order valence-corrected chi connectivity index (χ3v) is 2.95. The van der Waals surface area contributed by atoms with Gasteiger partial charge < -0.3 is 14.3 Å². The van der Waals surface area contributed by atoms with Crippen molar-refractivity contribution in [2.45, 2.75) is 13.5 Å². The molecule has 0 aliphatic rings. The Labute approximate surface area is 102 Å². The lowest BCUT2D eigenvalue weighted by atomic mass is 10.4. The van der Waals surface area contributed by atoms with E-state index in [4.69, 9.17) is 14.3 Å². The molecule has 0 saturated carbocycles. The molecule has 0 amide bonds. The molecule has 0 spiro atoms. The van der Waals surface area contributed by atoms with Crippen molar-refractivity contribution < 1.29 is 19.1 Å². The third kappa shape index (κ3) is 2.92. The van der Waals surface area contributed by atoms with Crippen molar-refractivity contribution in [3.8, 4) is 10.8 Å². The van der Waals surface area contributed by atoms with Crippen LogP contribution in [0.1, 0.15) is 11.5 Å². The van der Waals surface area contributed by atoms with E-state index in [1.165, 1.54) is 11.3 Å². The van der Waals surface area contributed by atoms with Crippen LogP contribution in [-0.2, 0) is 16.1 Å². The fraction of sp³-hybridized carbons (Fsp3) is 0.273. The van der Waals surface area contributed by atoms with E-state index in [1.807, 2.05) is 17.5 Å². The topological polar surface area (TPSA) is 72.6 Å². The number of oxazole rings is 1. The zero-order chi connectivity index (χ0) is 12.3. The van der Waals surface area contributed by atoms with Crippen LogP contribution < -0.4 is 0 Å². The number of hydrogen-bond acceptors (Lipinski definition) is 5. The minimum absolute atomic E-state index is 0.146. The van der Waals surface area contributed by atoms with Gasteiger partial charge >= 0.3 is 5.97 Å². The molecule has 0 saturated heterocycles. The van der Waals surface area contributed by atoms with Crippen molar-refractivity contribution in [3.63, 3.8) is 0 Å². The Morgan fingerprint density at radius 3 is 3.12 bits per heavy atom. The zero-order valence-electron chi connectivity index (χ0n) is 9.17. The van der Waals surface area contributed by atoms with E-state index in [2.05, 4.69) is 4.98 Å². The lowest BCUT2D eigenvalue weighted by Crippen LogP contribution is -2.07. The van der Waals surface area contributed by atoms with Crippen LogP contribution in [0.15, 0.2) is 21.9 Å². The van der Waals surface area contributed by atoms with Gasteiger partial charge in [0.1, 0.15) is 18.1 Å². The quantitative estimate of drug-likeness (QED) is 0.885. The number of carboxylic acids is 1. The summed E-state index contributed by atoms with van der Waals surface area (Å²) in [7, 11) is 0. The number of aryl methyl sites for hydroxylation is 1. The van der Waals surface area contributed by atoms with Gasteiger partial charge in [0.25, 0.3) is 0 Å². The van der Waals surface area contributed by atoms with Gasteiger partial charge in [-0.25, -0.2) is 9.78 Å². The molecule has 0 atom stereocenters. The molecule has 90 valence electrons. The second kappa shape index (κ2) is 5.11. The van der Waals surface area contributed by atoms with Crippen molar-refractivity contribution in [2.75, 3.05) is 6.61 Å². The van der Waals surface area contributed by atoms with E-state index in [-0.39, 0.29) is 13.2 Å². The number of carbonyl (C=O) groups is 1. The van der Waals surface area contributed by atoms with Crippen LogP contribution in [0.2, 0.25) is 0 Å². The minimum atomic E-state index is -0.996. The molecular weight excluding hydrogens is 242 g/mol. The normalized spacial score (nSPS) is 10.6. The summed E-state index contributed by atoms with van der Waals surface area (Å²) in [6.07, 6.45) is 0. The fourth-order valence-electron chi connectivity index (χ4n) is 1.30. The second-order valence-corrected chi connectivity index (χ2v) is 4.33. The summed E-state index contributed by atoms with van der Waals surface area (Å²) in [6, 6.07) is 3.83. The first kappa shape index (κ1) is 11.8. The number of aliphatic carboxylic acids is 1. The highest BCUT2D eigenvalue weighted by Gasteiger charge is 2.12. The smallest absolute Gasteiger partial charge is 0.329 e. The Hall–Kier alpha value is -1.66. The molecule has 2 aromatic heterocycles. The number of ether oxygens (including phenoxy) is 1. The first-order valence-electron chi connectivity index (χ1n) is 4.96. The SMILES string of the molecule is Cc1oc(-c2cccs2)nc1COCC(=O)O. The standard InChI is InChI=1S/C11H11NO4S/c1-7-8(5-15-6-10(13)14)12-11(16-7)9-3-2-4-17-9/h2-4H,5-6H2,1H3,(H,13,14). The van der Waals surface area contributed by atoms with Gasteiger partial charge in [0.05, 0.1) is 11.5 Å². The summed E-state index contributed by atoms with van der Waals surface area (Å²) in [5, 5.41) is 10.4. The number of hydrogen-bond donors (Lipinski definition) is 1. The van der Waals surface area contributed by atoms with Gasteiger partial charge in [-0.15, -0.1) is 11.3 Å². The number of rotatable bonds is 5. The van der Waals surface area contributed by atoms with Crippen LogP contribution in [-0.4, -0.2) is 22.7 Å². The van der Waals surface area contributed by atoms with E-state index in [0.29, 0.717) is 17.3 Å². The maximum Gasteiger partial charge on any atom is 0.329 e. The zero-order valence-corrected chi connectivity index (χ0v) is 9.99. The first-order valence-corrected chi connectivity index (χ1v) is 5.84. The van der Waals surface area contributed by atoms with Crippen LogP contribution in [0, 0.1) is 6.92 Å². The molecule has 0 aliphatic carbocycles. The third-order valence-electron chi connectivity index (χ3n) is 2.09. The maximum atomic E-state index is 10.3. The highest BCUT2D eigenvalue weighted by Crippen LogP contribution is 2.25. The van der Waals surface area contributed by atoms with Gasteiger partial charge in [0.2, 0.25) is 5.89 Å². The molecule has 2 rings (SSSR count). The summed E-state index contributed by atoms with van der Waals surface area (Å²) in [5.74, 6) is 0.204. The van der Waals surface area contributed by atoms with Crippen LogP contribution in [0.4, 0.5) is 0 Å². The second-order valence-electron chi connectivity index (χ2n) is 3.39. The van der Waals surface area contributed by atoms with Gasteiger partial charge in [-0.3, -0.25) is 0 Å². The van der Waals surface area contributed by atoms with Crippen LogP contribution >= 0.6 is 11.3 Å². The average molecular weight is 253 g/mol. The summed E-state index contributed by atoms with van der Waals surface area (Å²) in [6.45, 7) is 1.59. The Bertz CT molecular complexity index is 504. The van der Waals surface area contributed by atoms with E-state index in [1.54, 1.807) is 6.92 Å². The minimum Gasteiger partial charge on any atom is -0.480 e. The monoisotopic (exact) mass is 253 g/mol. The Balaban J connectivity index is 2.06. The number of nitrogens with zero attached hydrogens (tertiary/aromatic N) is 1. The predicted octanol–water partition coefficient (Wildman–Crippen LogP) is 2.31. The van der Waals surface area contributed by atoms with Crippen molar-refractivity contribution >= 4 is 17.3 Å². The predicted molar refractivity (Wildman–Crippen MR) is 61.8 cm³/mol. The number of aromatic nitrogens is 1. The summed E-state index contributed by atoms with van der Waals surface area (Å²) < 4.78 is 10.5. The molecule has 0 fully saturated rings. The van der Waals surface area contributed by atoms with E-state index in [9.17, 15) is 4.79 Å². The van der Waals surface area contributed by atoms with Gasteiger partial charge in [0.15, 0.2) is 0 Å². The highest BCUT2D eigenvalue weighted by molar-refractivity contribution is 7.13. The molecule has 17 heavy (non-hydrogen) atoms. The van der Waals surface area contributed by atoms with Crippen LogP contribution in [0.3, 0.4) is 0 Å². The number of thiophene rings is 1. The summed E-state index contributed by atoms with van der Waals surface area (Å²) >= 11 is 1.54. The first-order chi connectivity index (χ1) is 8.16. The number of carboxylic acid groups (broad SMARTS) is 1. The average Bonchev–Trinajstić information content (AvgIpc) is 2.87. The van der Waals surface area contributed by atoms with E-state index in [0.717, 1.165) is 4.88 Å². The molecule has 0 aliphatic heterocycles. The Kier molecular flexibility index (Phi) is 3.55. The molecule has 0 unspecified atom stereocenters. The van der Waals surface area contributed by atoms with Crippen LogP contribution in [0.25, 0.3) is 10.8 Å². The molecule has 2 aromatic rings.